The molecule has 0 radical (unpaired) electrons. The third-order valence-electron chi connectivity index (χ3n) is 7.81. The number of aromatic amines is 1. The summed E-state index contributed by atoms with van der Waals surface area (Å²) in [6, 6.07) is 3.78. The van der Waals surface area contributed by atoms with E-state index in [4.69, 9.17) is 27.3 Å². The molecule has 0 spiro atoms. The van der Waals surface area contributed by atoms with Gasteiger partial charge in [0, 0.05) is 48.7 Å². The Labute approximate surface area is 219 Å². The number of hydrogen-bond donors (Lipinski definition) is 2. The molecule has 2 fully saturated rings. The number of H-pyrrole nitrogens is 1. The first-order valence-corrected chi connectivity index (χ1v) is 13.8. The Morgan fingerprint density at radius 1 is 1.22 bits per heavy atom. The number of benzene rings is 1. The predicted molar refractivity (Wildman–Crippen MR) is 144 cm³/mol. The Kier molecular flexibility index (Phi) is 4.70. The number of rotatable bonds is 4. The second-order valence-electron chi connectivity index (χ2n) is 9.74. The van der Waals surface area contributed by atoms with Crippen molar-refractivity contribution in [1.29, 1.82) is 0 Å². The smallest absolute Gasteiger partial charge is 0.266 e. The fraction of sp³-hybridized carbons (Fsp3) is 0.375. The van der Waals surface area contributed by atoms with Crippen LogP contribution in [0.3, 0.4) is 0 Å². The highest BCUT2D eigenvalue weighted by atomic mass is 35.5. The summed E-state index contributed by atoms with van der Waals surface area (Å²) >= 11 is 9.98. The van der Waals surface area contributed by atoms with Gasteiger partial charge in [-0.25, -0.2) is 9.97 Å². The average Bonchev–Trinajstić information content (AvgIpc) is 3.46. The topological polar surface area (TPSA) is 119 Å². The molecule has 7 rings (SSSR count). The lowest BCUT2D eigenvalue weighted by molar-refractivity contribution is 0.542. The van der Waals surface area contributed by atoms with Gasteiger partial charge in [-0.2, -0.15) is 10.1 Å². The van der Waals surface area contributed by atoms with E-state index >= 15 is 0 Å². The molecule has 36 heavy (non-hydrogen) atoms. The van der Waals surface area contributed by atoms with Gasteiger partial charge in [0.05, 0.1) is 20.2 Å². The highest BCUT2D eigenvalue weighted by Gasteiger charge is 2.69. The van der Waals surface area contributed by atoms with Gasteiger partial charge in [0.25, 0.3) is 5.56 Å². The van der Waals surface area contributed by atoms with Crippen molar-refractivity contribution >= 4 is 61.5 Å². The molecular formula is C24H23ClN8OS2. The van der Waals surface area contributed by atoms with Crippen LogP contribution in [0.1, 0.15) is 15.7 Å². The average molecular weight is 539 g/mol. The van der Waals surface area contributed by atoms with Gasteiger partial charge in [-0.1, -0.05) is 11.6 Å². The van der Waals surface area contributed by atoms with Crippen LogP contribution in [-0.4, -0.2) is 49.4 Å². The van der Waals surface area contributed by atoms with E-state index in [0.29, 0.717) is 51.6 Å². The van der Waals surface area contributed by atoms with Gasteiger partial charge in [-0.3, -0.25) is 14.5 Å². The van der Waals surface area contributed by atoms with Crippen LogP contribution < -0.4 is 16.2 Å². The summed E-state index contributed by atoms with van der Waals surface area (Å²) in [7, 11) is 1.77. The molecule has 1 aliphatic carbocycles. The number of piperidine rings is 1. The number of aromatic nitrogens is 6. The number of nitrogens with zero attached hydrogens (tertiary/aromatic N) is 6. The summed E-state index contributed by atoms with van der Waals surface area (Å²) in [5.74, 6) is 1.45. The molecule has 0 amide bonds. The minimum Gasteiger partial charge on any atom is -0.341 e. The molecule has 9 nitrogen and oxygen atoms in total. The van der Waals surface area contributed by atoms with E-state index in [9.17, 15) is 4.79 Å². The monoisotopic (exact) mass is 538 g/mol. The lowest BCUT2D eigenvalue weighted by Crippen LogP contribution is -2.37. The van der Waals surface area contributed by atoms with Crippen LogP contribution in [0.4, 0.5) is 5.95 Å². The van der Waals surface area contributed by atoms with E-state index in [1.54, 1.807) is 23.0 Å². The number of halogens is 1. The molecule has 1 aromatic carbocycles. The number of thiazole rings is 2. The summed E-state index contributed by atoms with van der Waals surface area (Å²) in [6.45, 7) is 6.14. The maximum absolute atomic E-state index is 13.6. The standard InChI is InChI=1S/C24H23ClN8OS2/c1-10-8-35-22(27-10)24(9-26)13-6-33(7-14(13)24)23-29-20-16(21(34)32(23)3)18(30-31-20)12-4-5-15-19(17(12)25)36-11(2)28-15/h4-5,8,13-14H,6-7,9,26H2,1-3H3,(H,30,31)/t13-,14+,24-. The summed E-state index contributed by atoms with van der Waals surface area (Å²) in [4.78, 5) is 29.9. The second-order valence-corrected chi connectivity index (χ2v) is 12.2. The highest BCUT2D eigenvalue weighted by molar-refractivity contribution is 7.19. The van der Waals surface area contributed by atoms with Gasteiger partial charge >= 0.3 is 0 Å². The number of anilines is 1. The van der Waals surface area contributed by atoms with Crippen LogP contribution >= 0.6 is 34.3 Å². The molecular weight excluding hydrogens is 516 g/mol. The molecule has 184 valence electrons. The van der Waals surface area contributed by atoms with Crippen molar-refractivity contribution < 1.29 is 0 Å². The van der Waals surface area contributed by atoms with Crippen LogP contribution in [0.2, 0.25) is 5.02 Å². The number of nitrogens with one attached hydrogen (secondary N) is 1. The molecule has 5 heterocycles. The molecule has 3 N–H and O–H groups in total. The molecule has 5 aromatic rings. The predicted octanol–water partition coefficient (Wildman–Crippen LogP) is 3.62. The van der Waals surface area contributed by atoms with Crippen molar-refractivity contribution in [2.45, 2.75) is 19.3 Å². The number of nitrogens with two attached hydrogens (primary N) is 1. The van der Waals surface area contributed by atoms with Crippen molar-refractivity contribution in [1.82, 2.24) is 29.7 Å². The van der Waals surface area contributed by atoms with Crippen LogP contribution in [-0.2, 0) is 12.5 Å². The molecule has 4 aromatic heterocycles. The Hall–Kier alpha value is -2.86. The van der Waals surface area contributed by atoms with Gasteiger partial charge in [-0.15, -0.1) is 22.7 Å². The van der Waals surface area contributed by atoms with E-state index in [0.717, 1.165) is 39.0 Å². The zero-order valence-electron chi connectivity index (χ0n) is 19.9. The third-order valence-corrected chi connectivity index (χ3v) is 10.5. The Morgan fingerprint density at radius 3 is 2.69 bits per heavy atom. The van der Waals surface area contributed by atoms with Crippen molar-refractivity contribution in [2.24, 2.45) is 24.6 Å². The van der Waals surface area contributed by atoms with Crippen molar-refractivity contribution in [2.75, 3.05) is 24.5 Å². The minimum absolute atomic E-state index is 0.0516. The van der Waals surface area contributed by atoms with Crippen molar-refractivity contribution in [3.63, 3.8) is 0 Å². The summed E-state index contributed by atoms with van der Waals surface area (Å²) in [5.41, 5.74) is 9.60. The van der Waals surface area contributed by atoms with Crippen LogP contribution in [0.15, 0.2) is 22.3 Å². The van der Waals surface area contributed by atoms with Gasteiger partial charge in [0.1, 0.15) is 16.1 Å². The van der Waals surface area contributed by atoms with E-state index in [-0.39, 0.29) is 11.0 Å². The van der Waals surface area contributed by atoms with E-state index in [1.807, 2.05) is 26.0 Å². The van der Waals surface area contributed by atoms with E-state index in [1.165, 1.54) is 11.3 Å². The highest BCUT2D eigenvalue weighted by Crippen LogP contribution is 2.63. The summed E-state index contributed by atoms with van der Waals surface area (Å²) in [6.07, 6.45) is 0. The molecule has 1 saturated carbocycles. The molecule has 12 heteroatoms. The zero-order chi connectivity index (χ0) is 24.9. The quantitative estimate of drug-likeness (QED) is 0.358. The fourth-order valence-corrected chi connectivity index (χ4v) is 8.31. The minimum atomic E-state index is -0.156. The van der Waals surface area contributed by atoms with Crippen molar-refractivity contribution in [3.8, 4) is 11.3 Å². The molecule has 1 aliphatic heterocycles. The molecule has 2 aliphatic rings. The van der Waals surface area contributed by atoms with Gasteiger partial charge in [-0.05, 0) is 37.8 Å². The first-order chi connectivity index (χ1) is 17.3. The molecule has 0 unspecified atom stereocenters. The summed E-state index contributed by atoms with van der Waals surface area (Å²) in [5, 5.41) is 12.6. The first kappa shape index (κ1) is 22.3. The zero-order valence-corrected chi connectivity index (χ0v) is 22.3. The van der Waals surface area contributed by atoms with Gasteiger partial charge in [0.2, 0.25) is 5.95 Å². The molecule has 0 bridgehead atoms. The second kappa shape index (κ2) is 7.58. The van der Waals surface area contributed by atoms with E-state index in [2.05, 4.69) is 25.5 Å². The maximum Gasteiger partial charge on any atom is 0.266 e. The van der Waals surface area contributed by atoms with Gasteiger partial charge in [0.15, 0.2) is 5.65 Å². The third kappa shape index (κ3) is 2.88. The SMILES string of the molecule is Cc1csc([C@]2(CN)[C@@H]3CN(c4nc5[nH]nc(-c6ccc7nc(C)sc7c6Cl)c5c(=O)n4C)C[C@@H]32)n1. The number of hydrogen-bond acceptors (Lipinski definition) is 9. The summed E-state index contributed by atoms with van der Waals surface area (Å²) < 4.78 is 2.51. The largest absolute Gasteiger partial charge is 0.341 e. The molecule has 1 saturated heterocycles. The first-order valence-electron chi connectivity index (χ1n) is 11.7. The maximum atomic E-state index is 13.6. The van der Waals surface area contributed by atoms with Crippen LogP contribution in [0.5, 0.6) is 0 Å². The Morgan fingerprint density at radius 2 is 2.00 bits per heavy atom. The van der Waals surface area contributed by atoms with Crippen molar-refractivity contribution in [3.05, 3.63) is 48.6 Å². The fourth-order valence-electron chi connectivity index (χ4n) is 5.95. The lowest BCUT2D eigenvalue weighted by Gasteiger charge is -2.26. The molecule has 3 atom stereocenters. The van der Waals surface area contributed by atoms with E-state index < -0.39 is 0 Å². The van der Waals surface area contributed by atoms with Crippen LogP contribution in [0, 0.1) is 25.7 Å². The van der Waals surface area contributed by atoms with Crippen LogP contribution in [0.25, 0.3) is 32.5 Å². The van der Waals surface area contributed by atoms with Gasteiger partial charge < -0.3 is 10.6 Å². The Balaban J connectivity index is 1.26. The Bertz CT molecular complexity index is 1740. The normalized spacial score (nSPS) is 23.2. The lowest BCUT2D eigenvalue weighted by atomic mass is 10.0. The number of aryl methyl sites for hydroxylation is 2. The number of fused-ring (bicyclic) bond motifs is 3.